The first-order valence-electron chi connectivity index (χ1n) is 6.70. The van der Waals surface area contributed by atoms with Crippen LogP contribution in [-0.2, 0) is 4.74 Å². The smallest absolute Gasteiger partial charge is 0.342 e. The van der Waals surface area contributed by atoms with Gasteiger partial charge in [-0.2, -0.15) is 5.10 Å². The number of hydrogen-bond donors (Lipinski definition) is 1. The average Bonchev–Trinajstić information content (AvgIpc) is 2.88. The van der Waals surface area contributed by atoms with Crippen LogP contribution in [0.15, 0.2) is 36.5 Å². The molecule has 0 aliphatic rings. The molecule has 2 rings (SSSR count). The van der Waals surface area contributed by atoms with Crippen molar-refractivity contribution in [3.05, 3.63) is 42.1 Å². The van der Waals surface area contributed by atoms with Crippen LogP contribution in [-0.4, -0.2) is 40.2 Å². The third-order valence-electron chi connectivity index (χ3n) is 2.73. The van der Waals surface area contributed by atoms with Gasteiger partial charge in [-0.1, -0.05) is 18.2 Å². The van der Waals surface area contributed by atoms with Crippen LogP contribution in [0.1, 0.15) is 24.2 Å². The first-order chi connectivity index (χ1) is 10.1. The Balaban J connectivity index is 2.20. The number of rotatable bonds is 7. The molecule has 1 heterocycles. The molecule has 1 aromatic heterocycles. The van der Waals surface area contributed by atoms with E-state index in [1.165, 1.54) is 10.9 Å². The summed E-state index contributed by atoms with van der Waals surface area (Å²) in [5.74, 6) is -0.863. The summed E-state index contributed by atoms with van der Waals surface area (Å²) in [5, 5.41) is 13.3. The molecule has 0 spiro atoms. The van der Waals surface area contributed by atoms with Crippen LogP contribution >= 0.6 is 0 Å². The lowest BCUT2D eigenvalue weighted by molar-refractivity contribution is 0.0523. The van der Waals surface area contributed by atoms with E-state index in [0.717, 1.165) is 5.69 Å². The largest absolute Gasteiger partial charge is 0.477 e. The second-order valence-electron chi connectivity index (χ2n) is 4.68. The van der Waals surface area contributed by atoms with Gasteiger partial charge in [-0.25, -0.2) is 9.48 Å². The Hall–Kier alpha value is -2.34. The molecule has 112 valence electrons. The number of carboxylic acid groups (broad SMARTS) is 1. The van der Waals surface area contributed by atoms with E-state index in [1.54, 1.807) is 0 Å². The predicted octanol–water partition coefficient (Wildman–Crippen LogP) is 2.37. The highest BCUT2D eigenvalue weighted by Gasteiger charge is 2.19. The number of carboxylic acids is 1. The second-order valence-corrected chi connectivity index (χ2v) is 4.68. The van der Waals surface area contributed by atoms with Crippen LogP contribution in [0, 0.1) is 0 Å². The van der Waals surface area contributed by atoms with Gasteiger partial charge < -0.3 is 14.6 Å². The molecule has 0 radical (unpaired) electrons. The molecular weight excluding hydrogens is 272 g/mol. The molecule has 2 aromatic rings. The van der Waals surface area contributed by atoms with Crippen molar-refractivity contribution < 1.29 is 19.4 Å². The minimum Gasteiger partial charge on any atom is -0.477 e. The predicted molar refractivity (Wildman–Crippen MR) is 77.1 cm³/mol. The molecule has 0 saturated carbocycles. The molecule has 21 heavy (non-hydrogen) atoms. The zero-order valence-electron chi connectivity index (χ0n) is 12.0. The number of ether oxygens (including phenoxy) is 2. The lowest BCUT2D eigenvalue weighted by Gasteiger charge is -2.11. The van der Waals surface area contributed by atoms with E-state index < -0.39 is 5.97 Å². The average molecular weight is 290 g/mol. The number of aromatic nitrogens is 2. The molecule has 0 saturated heterocycles. The van der Waals surface area contributed by atoms with Crippen molar-refractivity contribution in [3.8, 4) is 11.6 Å². The Bertz CT molecular complexity index is 593. The monoisotopic (exact) mass is 290 g/mol. The molecule has 0 aliphatic heterocycles. The van der Waals surface area contributed by atoms with E-state index in [-0.39, 0.29) is 24.2 Å². The molecule has 0 atom stereocenters. The fourth-order valence-electron chi connectivity index (χ4n) is 1.80. The zero-order chi connectivity index (χ0) is 15.2. The number of aromatic carboxylic acids is 1. The normalized spacial score (nSPS) is 10.8. The van der Waals surface area contributed by atoms with Crippen molar-refractivity contribution in [1.82, 2.24) is 9.78 Å². The first kappa shape index (κ1) is 15.1. The van der Waals surface area contributed by atoms with Crippen LogP contribution in [0.2, 0.25) is 0 Å². The van der Waals surface area contributed by atoms with Crippen LogP contribution in [0.4, 0.5) is 0 Å². The van der Waals surface area contributed by atoms with Gasteiger partial charge in [-0.15, -0.1) is 0 Å². The van der Waals surface area contributed by atoms with Crippen molar-refractivity contribution in [2.24, 2.45) is 0 Å². The number of benzene rings is 1. The van der Waals surface area contributed by atoms with E-state index in [1.807, 2.05) is 44.2 Å². The molecule has 6 nitrogen and oxygen atoms in total. The van der Waals surface area contributed by atoms with Crippen molar-refractivity contribution in [3.63, 3.8) is 0 Å². The fourth-order valence-corrected chi connectivity index (χ4v) is 1.80. The Morgan fingerprint density at radius 2 is 2.00 bits per heavy atom. The van der Waals surface area contributed by atoms with Gasteiger partial charge in [-0.3, -0.25) is 0 Å². The minimum atomic E-state index is -1.07. The van der Waals surface area contributed by atoms with Crippen molar-refractivity contribution >= 4 is 5.97 Å². The van der Waals surface area contributed by atoms with E-state index in [0.29, 0.717) is 6.61 Å². The van der Waals surface area contributed by atoms with Crippen molar-refractivity contribution in [2.45, 2.75) is 20.0 Å². The highest BCUT2D eigenvalue weighted by Crippen LogP contribution is 2.22. The van der Waals surface area contributed by atoms with Crippen LogP contribution < -0.4 is 4.74 Å². The van der Waals surface area contributed by atoms with Gasteiger partial charge in [0.05, 0.1) is 24.6 Å². The maximum absolute atomic E-state index is 11.2. The highest BCUT2D eigenvalue weighted by molar-refractivity contribution is 5.90. The van der Waals surface area contributed by atoms with E-state index in [2.05, 4.69) is 5.10 Å². The topological polar surface area (TPSA) is 73.6 Å². The van der Waals surface area contributed by atoms with Gasteiger partial charge in [0, 0.05) is 0 Å². The molecule has 0 amide bonds. The summed E-state index contributed by atoms with van der Waals surface area (Å²) < 4.78 is 12.4. The van der Waals surface area contributed by atoms with Crippen LogP contribution in [0.3, 0.4) is 0 Å². The number of para-hydroxylation sites is 1. The maximum Gasteiger partial charge on any atom is 0.342 e. The number of carbonyl (C=O) groups is 1. The van der Waals surface area contributed by atoms with Gasteiger partial charge >= 0.3 is 5.97 Å². The quantitative estimate of drug-likeness (QED) is 0.792. The summed E-state index contributed by atoms with van der Waals surface area (Å²) in [5.41, 5.74) is 0.771. The molecule has 0 aliphatic carbocycles. The van der Waals surface area contributed by atoms with Crippen LogP contribution in [0.25, 0.3) is 5.69 Å². The molecular formula is C15H18N2O4. The Morgan fingerprint density at radius 1 is 1.29 bits per heavy atom. The maximum atomic E-state index is 11.2. The second kappa shape index (κ2) is 6.90. The molecule has 6 heteroatoms. The third-order valence-corrected chi connectivity index (χ3v) is 2.73. The van der Waals surface area contributed by atoms with Gasteiger partial charge in [0.2, 0.25) is 5.88 Å². The Labute approximate surface area is 122 Å². The summed E-state index contributed by atoms with van der Waals surface area (Å²) in [7, 11) is 0. The third kappa shape index (κ3) is 3.82. The van der Waals surface area contributed by atoms with Crippen molar-refractivity contribution in [2.75, 3.05) is 13.2 Å². The minimum absolute atomic E-state index is 0.0309. The standard InChI is InChI=1S/C15H18N2O4/c1-11(2)20-8-9-21-14-13(15(18)19)10-16-17(14)12-6-4-3-5-7-12/h3-7,10-11H,8-9H2,1-2H3,(H,18,19). The lowest BCUT2D eigenvalue weighted by Crippen LogP contribution is -2.14. The van der Waals surface area contributed by atoms with Gasteiger partial charge in [0.15, 0.2) is 0 Å². The van der Waals surface area contributed by atoms with Crippen molar-refractivity contribution in [1.29, 1.82) is 0 Å². The molecule has 1 N–H and O–H groups in total. The van der Waals surface area contributed by atoms with E-state index in [4.69, 9.17) is 9.47 Å². The van der Waals surface area contributed by atoms with Crippen LogP contribution in [0.5, 0.6) is 5.88 Å². The van der Waals surface area contributed by atoms with E-state index in [9.17, 15) is 9.90 Å². The Kier molecular flexibility index (Phi) is 4.94. The SMILES string of the molecule is CC(C)OCCOc1c(C(=O)O)cnn1-c1ccccc1. The summed E-state index contributed by atoms with van der Waals surface area (Å²) in [6, 6.07) is 9.24. The molecule has 1 aromatic carbocycles. The first-order valence-corrected chi connectivity index (χ1v) is 6.70. The fraction of sp³-hybridized carbons (Fsp3) is 0.333. The van der Waals surface area contributed by atoms with Gasteiger partial charge in [0.1, 0.15) is 12.2 Å². The van der Waals surface area contributed by atoms with E-state index >= 15 is 0 Å². The zero-order valence-corrected chi connectivity index (χ0v) is 12.0. The molecule has 0 bridgehead atoms. The summed E-state index contributed by atoms with van der Waals surface area (Å²) in [4.78, 5) is 11.2. The summed E-state index contributed by atoms with van der Waals surface area (Å²) >= 11 is 0. The lowest BCUT2D eigenvalue weighted by atomic mass is 10.3. The van der Waals surface area contributed by atoms with Gasteiger partial charge in [-0.05, 0) is 26.0 Å². The van der Waals surface area contributed by atoms with Gasteiger partial charge in [0.25, 0.3) is 0 Å². The number of hydrogen-bond acceptors (Lipinski definition) is 4. The molecule has 0 unspecified atom stereocenters. The summed E-state index contributed by atoms with van der Waals surface area (Å²) in [6.45, 7) is 4.50. The highest BCUT2D eigenvalue weighted by atomic mass is 16.5. The summed E-state index contributed by atoms with van der Waals surface area (Å²) in [6.07, 6.45) is 1.39. The number of nitrogens with zero attached hydrogens (tertiary/aromatic N) is 2. The molecule has 0 fully saturated rings. The Morgan fingerprint density at radius 3 is 2.62 bits per heavy atom.